The van der Waals surface area contributed by atoms with E-state index >= 15 is 0 Å². The first-order valence-corrected chi connectivity index (χ1v) is 6.32. The predicted octanol–water partition coefficient (Wildman–Crippen LogP) is 3.03. The standard InChI is InChI=1S/C16H19NO/c17-15(12-11-14-7-3-1-4-8-14)13-18-16-9-5-2-6-10-16/h1-10,15H,11-13,17H2. The van der Waals surface area contributed by atoms with Crippen molar-refractivity contribution in [2.75, 3.05) is 6.61 Å². The fourth-order valence-corrected chi connectivity index (χ4v) is 1.80. The minimum absolute atomic E-state index is 0.0745. The van der Waals surface area contributed by atoms with Crippen molar-refractivity contribution in [3.8, 4) is 5.75 Å². The molecule has 0 saturated carbocycles. The smallest absolute Gasteiger partial charge is 0.119 e. The maximum atomic E-state index is 6.04. The highest BCUT2D eigenvalue weighted by molar-refractivity contribution is 5.21. The maximum absolute atomic E-state index is 6.04. The first-order valence-electron chi connectivity index (χ1n) is 6.32. The van der Waals surface area contributed by atoms with E-state index in [9.17, 15) is 0 Å². The summed E-state index contributed by atoms with van der Waals surface area (Å²) >= 11 is 0. The Hall–Kier alpha value is -1.80. The van der Waals surface area contributed by atoms with Crippen LogP contribution in [0.15, 0.2) is 60.7 Å². The van der Waals surface area contributed by atoms with Gasteiger partial charge in [-0.3, -0.25) is 0 Å². The van der Waals surface area contributed by atoms with Crippen molar-refractivity contribution in [3.63, 3.8) is 0 Å². The van der Waals surface area contributed by atoms with Crippen molar-refractivity contribution < 1.29 is 4.74 Å². The third-order valence-electron chi connectivity index (χ3n) is 2.85. The van der Waals surface area contributed by atoms with Gasteiger partial charge < -0.3 is 10.5 Å². The quantitative estimate of drug-likeness (QED) is 0.843. The Morgan fingerprint density at radius 3 is 2.17 bits per heavy atom. The largest absolute Gasteiger partial charge is 0.492 e. The van der Waals surface area contributed by atoms with Gasteiger partial charge in [-0.1, -0.05) is 48.5 Å². The highest BCUT2D eigenvalue weighted by atomic mass is 16.5. The predicted molar refractivity (Wildman–Crippen MR) is 74.7 cm³/mol. The second kappa shape index (κ2) is 6.82. The van der Waals surface area contributed by atoms with Crippen molar-refractivity contribution in [2.24, 2.45) is 5.73 Å². The summed E-state index contributed by atoms with van der Waals surface area (Å²) in [4.78, 5) is 0. The van der Waals surface area contributed by atoms with Crippen LogP contribution in [-0.2, 0) is 6.42 Å². The van der Waals surface area contributed by atoms with Crippen LogP contribution in [0.5, 0.6) is 5.75 Å². The fourth-order valence-electron chi connectivity index (χ4n) is 1.80. The van der Waals surface area contributed by atoms with Gasteiger partial charge in [-0.25, -0.2) is 0 Å². The minimum atomic E-state index is 0.0745. The summed E-state index contributed by atoms with van der Waals surface area (Å²) in [5.74, 6) is 0.882. The number of benzene rings is 2. The summed E-state index contributed by atoms with van der Waals surface area (Å²) in [5, 5.41) is 0. The summed E-state index contributed by atoms with van der Waals surface area (Å²) in [6.07, 6.45) is 1.94. The van der Waals surface area contributed by atoms with E-state index in [2.05, 4.69) is 24.3 Å². The van der Waals surface area contributed by atoms with Crippen molar-refractivity contribution in [3.05, 3.63) is 66.2 Å². The average Bonchev–Trinajstić information content (AvgIpc) is 2.45. The molecule has 0 fully saturated rings. The Labute approximate surface area is 108 Å². The Kier molecular flexibility index (Phi) is 4.79. The zero-order valence-electron chi connectivity index (χ0n) is 10.5. The molecule has 0 aliphatic heterocycles. The van der Waals surface area contributed by atoms with E-state index in [1.54, 1.807) is 0 Å². The van der Waals surface area contributed by atoms with E-state index in [1.807, 2.05) is 36.4 Å². The summed E-state index contributed by atoms with van der Waals surface area (Å²) in [5.41, 5.74) is 7.37. The van der Waals surface area contributed by atoms with Gasteiger partial charge in [0.2, 0.25) is 0 Å². The molecule has 18 heavy (non-hydrogen) atoms. The summed E-state index contributed by atoms with van der Waals surface area (Å²) in [6, 6.07) is 20.3. The van der Waals surface area contributed by atoms with Crippen LogP contribution in [0.25, 0.3) is 0 Å². The maximum Gasteiger partial charge on any atom is 0.119 e. The summed E-state index contributed by atoms with van der Waals surface area (Å²) in [6.45, 7) is 0.566. The van der Waals surface area contributed by atoms with E-state index in [0.29, 0.717) is 6.61 Å². The van der Waals surface area contributed by atoms with Crippen molar-refractivity contribution in [1.82, 2.24) is 0 Å². The Bertz CT molecular complexity index is 398. The normalized spacial score (nSPS) is 12.1. The number of nitrogens with two attached hydrogens (primary N) is 1. The lowest BCUT2D eigenvalue weighted by atomic mass is 10.1. The molecule has 94 valence electrons. The topological polar surface area (TPSA) is 35.2 Å². The van der Waals surface area contributed by atoms with Gasteiger partial charge in [-0.2, -0.15) is 0 Å². The van der Waals surface area contributed by atoms with E-state index < -0.39 is 0 Å². The van der Waals surface area contributed by atoms with Crippen LogP contribution in [0.4, 0.5) is 0 Å². The van der Waals surface area contributed by atoms with Gasteiger partial charge >= 0.3 is 0 Å². The number of hydrogen-bond donors (Lipinski definition) is 1. The minimum Gasteiger partial charge on any atom is -0.492 e. The molecule has 2 nitrogen and oxygen atoms in total. The molecular formula is C16H19NO. The lowest BCUT2D eigenvalue weighted by Crippen LogP contribution is -2.28. The van der Waals surface area contributed by atoms with E-state index in [1.165, 1.54) is 5.56 Å². The number of ether oxygens (including phenoxy) is 1. The van der Waals surface area contributed by atoms with Crippen LogP contribution in [0.1, 0.15) is 12.0 Å². The third-order valence-corrected chi connectivity index (χ3v) is 2.85. The van der Waals surface area contributed by atoms with Crippen LogP contribution in [0.2, 0.25) is 0 Å². The second-order valence-corrected chi connectivity index (χ2v) is 4.41. The Morgan fingerprint density at radius 2 is 1.50 bits per heavy atom. The molecule has 0 aliphatic rings. The molecule has 2 N–H and O–H groups in total. The van der Waals surface area contributed by atoms with Crippen LogP contribution >= 0.6 is 0 Å². The van der Waals surface area contributed by atoms with Crippen LogP contribution in [0, 0.1) is 0 Å². The summed E-state index contributed by atoms with van der Waals surface area (Å²) in [7, 11) is 0. The molecule has 0 saturated heterocycles. The molecular weight excluding hydrogens is 222 g/mol. The molecule has 0 spiro atoms. The second-order valence-electron chi connectivity index (χ2n) is 4.41. The molecule has 0 radical (unpaired) electrons. The number of aryl methyl sites for hydroxylation is 1. The molecule has 1 unspecified atom stereocenters. The molecule has 0 aliphatic carbocycles. The van der Waals surface area contributed by atoms with Crippen LogP contribution in [0.3, 0.4) is 0 Å². The molecule has 2 aromatic rings. The van der Waals surface area contributed by atoms with E-state index in [-0.39, 0.29) is 6.04 Å². The molecule has 0 aromatic heterocycles. The lowest BCUT2D eigenvalue weighted by molar-refractivity contribution is 0.282. The molecule has 0 amide bonds. The zero-order chi connectivity index (χ0) is 12.6. The van der Waals surface area contributed by atoms with Gasteiger partial charge in [0, 0.05) is 6.04 Å². The van der Waals surface area contributed by atoms with Crippen molar-refractivity contribution in [1.29, 1.82) is 0 Å². The molecule has 2 aromatic carbocycles. The van der Waals surface area contributed by atoms with Gasteiger partial charge in [-0.15, -0.1) is 0 Å². The number of hydrogen-bond acceptors (Lipinski definition) is 2. The van der Waals surface area contributed by atoms with Gasteiger partial charge in [0.05, 0.1) is 0 Å². The van der Waals surface area contributed by atoms with Gasteiger partial charge in [0.25, 0.3) is 0 Å². The van der Waals surface area contributed by atoms with E-state index in [0.717, 1.165) is 18.6 Å². The Balaban J connectivity index is 1.71. The fraction of sp³-hybridized carbons (Fsp3) is 0.250. The zero-order valence-corrected chi connectivity index (χ0v) is 10.5. The highest BCUT2D eigenvalue weighted by Crippen LogP contribution is 2.09. The van der Waals surface area contributed by atoms with Crippen molar-refractivity contribution >= 4 is 0 Å². The number of para-hydroxylation sites is 1. The third kappa shape index (κ3) is 4.22. The lowest BCUT2D eigenvalue weighted by Gasteiger charge is -2.13. The highest BCUT2D eigenvalue weighted by Gasteiger charge is 2.04. The molecule has 0 heterocycles. The first kappa shape index (κ1) is 12.7. The van der Waals surface area contributed by atoms with Crippen LogP contribution < -0.4 is 10.5 Å². The summed E-state index contributed by atoms with van der Waals surface area (Å²) < 4.78 is 5.63. The van der Waals surface area contributed by atoms with Gasteiger partial charge in [0.1, 0.15) is 12.4 Å². The SMILES string of the molecule is NC(CCc1ccccc1)COc1ccccc1. The average molecular weight is 241 g/mol. The Morgan fingerprint density at radius 1 is 0.889 bits per heavy atom. The molecule has 2 heteroatoms. The van der Waals surface area contributed by atoms with Crippen LogP contribution in [-0.4, -0.2) is 12.6 Å². The van der Waals surface area contributed by atoms with E-state index in [4.69, 9.17) is 10.5 Å². The van der Waals surface area contributed by atoms with Gasteiger partial charge in [0.15, 0.2) is 0 Å². The molecule has 0 bridgehead atoms. The molecule has 1 atom stereocenters. The number of rotatable bonds is 6. The van der Waals surface area contributed by atoms with Gasteiger partial charge in [-0.05, 0) is 30.5 Å². The van der Waals surface area contributed by atoms with Crippen molar-refractivity contribution in [2.45, 2.75) is 18.9 Å². The first-order chi connectivity index (χ1) is 8.84. The molecule has 2 rings (SSSR count). The monoisotopic (exact) mass is 241 g/mol.